The standard InChI is InChI=1S/C12H18N4O2/c1-5-10(12-7(2)15-17-8(12)3)13-6-11-14-9(4)18-16-11/h10,13H,5-6H2,1-4H3/t10-/m1/s1. The van der Waals surface area contributed by atoms with E-state index in [2.05, 4.69) is 27.5 Å². The van der Waals surface area contributed by atoms with Crippen molar-refractivity contribution in [1.82, 2.24) is 20.6 Å². The molecule has 6 heteroatoms. The zero-order valence-electron chi connectivity index (χ0n) is 11.1. The van der Waals surface area contributed by atoms with Crippen LogP contribution in [0.1, 0.15) is 48.1 Å². The highest BCUT2D eigenvalue weighted by Crippen LogP contribution is 2.24. The summed E-state index contributed by atoms with van der Waals surface area (Å²) in [6.45, 7) is 8.35. The van der Waals surface area contributed by atoms with E-state index in [0.29, 0.717) is 18.3 Å². The van der Waals surface area contributed by atoms with Gasteiger partial charge in [0.2, 0.25) is 5.89 Å². The van der Waals surface area contributed by atoms with Crippen molar-refractivity contribution < 1.29 is 9.05 Å². The molecule has 0 aliphatic heterocycles. The molecule has 0 aliphatic rings. The van der Waals surface area contributed by atoms with Gasteiger partial charge in [0.25, 0.3) is 0 Å². The second-order valence-corrected chi connectivity index (χ2v) is 4.31. The molecule has 0 aromatic carbocycles. The molecule has 0 radical (unpaired) electrons. The van der Waals surface area contributed by atoms with Crippen molar-refractivity contribution in [3.8, 4) is 0 Å². The molecule has 0 fully saturated rings. The van der Waals surface area contributed by atoms with E-state index in [9.17, 15) is 0 Å². The Labute approximate surface area is 106 Å². The summed E-state index contributed by atoms with van der Waals surface area (Å²) in [6, 6.07) is 0.190. The summed E-state index contributed by atoms with van der Waals surface area (Å²) in [6.07, 6.45) is 0.944. The molecular formula is C12H18N4O2. The fourth-order valence-corrected chi connectivity index (χ4v) is 2.07. The van der Waals surface area contributed by atoms with Crippen molar-refractivity contribution in [3.63, 3.8) is 0 Å². The lowest BCUT2D eigenvalue weighted by Crippen LogP contribution is -2.22. The molecule has 1 atom stereocenters. The maximum atomic E-state index is 5.19. The summed E-state index contributed by atoms with van der Waals surface area (Å²) < 4.78 is 10.1. The molecule has 0 saturated carbocycles. The second kappa shape index (κ2) is 5.30. The molecule has 2 aromatic heterocycles. The summed E-state index contributed by atoms with van der Waals surface area (Å²) in [7, 11) is 0. The molecule has 0 spiro atoms. The first-order valence-electron chi connectivity index (χ1n) is 6.07. The van der Waals surface area contributed by atoms with E-state index >= 15 is 0 Å². The molecular weight excluding hydrogens is 232 g/mol. The summed E-state index contributed by atoms with van der Waals surface area (Å²) in [5.41, 5.74) is 2.05. The van der Waals surface area contributed by atoms with E-state index in [1.165, 1.54) is 0 Å². The van der Waals surface area contributed by atoms with Crippen LogP contribution in [0.4, 0.5) is 0 Å². The van der Waals surface area contributed by atoms with Crippen molar-refractivity contribution >= 4 is 0 Å². The van der Waals surface area contributed by atoms with Gasteiger partial charge in [0.05, 0.1) is 12.2 Å². The van der Waals surface area contributed by atoms with Gasteiger partial charge in [-0.3, -0.25) is 0 Å². The molecule has 0 bridgehead atoms. The normalized spacial score (nSPS) is 12.9. The zero-order valence-corrected chi connectivity index (χ0v) is 11.1. The minimum Gasteiger partial charge on any atom is -0.361 e. The molecule has 6 nitrogen and oxygen atoms in total. The number of aryl methyl sites for hydroxylation is 3. The van der Waals surface area contributed by atoms with E-state index in [-0.39, 0.29) is 6.04 Å². The predicted molar refractivity (Wildman–Crippen MR) is 64.9 cm³/mol. The average molecular weight is 250 g/mol. The van der Waals surface area contributed by atoms with Crippen LogP contribution < -0.4 is 5.32 Å². The quantitative estimate of drug-likeness (QED) is 0.876. The Balaban J connectivity index is 2.06. The third kappa shape index (κ3) is 2.59. The van der Waals surface area contributed by atoms with Crippen LogP contribution in [0.25, 0.3) is 0 Å². The van der Waals surface area contributed by atoms with Gasteiger partial charge in [-0.15, -0.1) is 0 Å². The minimum absolute atomic E-state index is 0.190. The highest BCUT2D eigenvalue weighted by molar-refractivity contribution is 5.24. The Hall–Kier alpha value is -1.69. The Morgan fingerprint density at radius 1 is 1.17 bits per heavy atom. The number of hydrogen-bond donors (Lipinski definition) is 1. The van der Waals surface area contributed by atoms with Crippen molar-refractivity contribution in [2.45, 2.75) is 46.7 Å². The first-order valence-corrected chi connectivity index (χ1v) is 6.07. The Morgan fingerprint density at radius 2 is 1.94 bits per heavy atom. The van der Waals surface area contributed by atoms with Crippen LogP contribution in [0.5, 0.6) is 0 Å². The van der Waals surface area contributed by atoms with Gasteiger partial charge in [-0.1, -0.05) is 17.2 Å². The SMILES string of the molecule is CC[C@@H](NCc1noc(C)n1)c1c(C)noc1C. The van der Waals surface area contributed by atoms with Crippen LogP contribution in [0.2, 0.25) is 0 Å². The lowest BCUT2D eigenvalue weighted by molar-refractivity contribution is 0.381. The van der Waals surface area contributed by atoms with Crippen LogP contribution in [-0.2, 0) is 6.54 Å². The lowest BCUT2D eigenvalue weighted by atomic mass is 10.0. The van der Waals surface area contributed by atoms with Crippen molar-refractivity contribution in [2.75, 3.05) is 0 Å². The first kappa shape index (κ1) is 12.8. The summed E-state index contributed by atoms with van der Waals surface area (Å²) in [5, 5.41) is 11.2. The number of aromatic nitrogens is 3. The first-order chi connectivity index (χ1) is 8.61. The van der Waals surface area contributed by atoms with Crippen LogP contribution in [0.15, 0.2) is 9.05 Å². The van der Waals surface area contributed by atoms with Crippen LogP contribution in [0.3, 0.4) is 0 Å². The molecule has 0 amide bonds. The third-order valence-electron chi connectivity index (χ3n) is 2.92. The number of rotatable bonds is 5. The fourth-order valence-electron chi connectivity index (χ4n) is 2.07. The van der Waals surface area contributed by atoms with Gasteiger partial charge < -0.3 is 14.4 Å². The van der Waals surface area contributed by atoms with Crippen LogP contribution >= 0.6 is 0 Å². The maximum absolute atomic E-state index is 5.19. The topological polar surface area (TPSA) is 77.0 Å². The van der Waals surface area contributed by atoms with Crippen molar-refractivity contribution in [2.24, 2.45) is 0 Å². The maximum Gasteiger partial charge on any atom is 0.223 e. The van der Waals surface area contributed by atoms with Crippen LogP contribution in [0, 0.1) is 20.8 Å². The molecule has 1 N–H and O–H groups in total. The van der Waals surface area contributed by atoms with E-state index in [0.717, 1.165) is 23.4 Å². The molecule has 0 unspecified atom stereocenters. The van der Waals surface area contributed by atoms with Gasteiger partial charge in [0, 0.05) is 18.5 Å². The lowest BCUT2D eigenvalue weighted by Gasteiger charge is -2.15. The molecule has 0 aliphatic carbocycles. The Kier molecular flexibility index (Phi) is 3.76. The highest BCUT2D eigenvalue weighted by atomic mass is 16.5. The van der Waals surface area contributed by atoms with Crippen molar-refractivity contribution in [1.29, 1.82) is 0 Å². The summed E-state index contributed by atoms with van der Waals surface area (Å²) in [4.78, 5) is 4.16. The van der Waals surface area contributed by atoms with Crippen LogP contribution in [-0.4, -0.2) is 15.3 Å². The molecule has 18 heavy (non-hydrogen) atoms. The third-order valence-corrected chi connectivity index (χ3v) is 2.92. The minimum atomic E-state index is 0.190. The van der Waals surface area contributed by atoms with Gasteiger partial charge >= 0.3 is 0 Å². The Bertz CT molecular complexity index is 498. The van der Waals surface area contributed by atoms with Gasteiger partial charge in [0.15, 0.2) is 5.82 Å². The molecule has 0 saturated heterocycles. The smallest absolute Gasteiger partial charge is 0.223 e. The average Bonchev–Trinajstić information content (AvgIpc) is 2.89. The van der Waals surface area contributed by atoms with Gasteiger partial charge in [-0.25, -0.2) is 0 Å². The van der Waals surface area contributed by atoms with Gasteiger partial charge in [-0.2, -0.15) is 4.98 Å². The summed E-state index contributed by atoms with van der Waals surface area (Å²) in [5.74, 6) is 2.10. The predicted octanol–water partition coefficient (Wildman–Crippen LogP) is 2.22. The van der Waals surface area contributed by atoms with Gasteiger partial charge in [0.1, 0.15) is 5.76 Å². The van der Waals surface area contributed by atoms with E-state index in [1.807, 2.05) is 13.8 Å². The fraction of sp³-hybridized carbons (Fsp3) is 0.583. The monoisotopic (exact) mass is 250 g/mol. The van der Waals surface area contributed by atoms with E-state index in [4.69, 9.17) is 9.05 Å². The highest BCUT2D eigenvalue weighted by Gasteiger charge is 2.19. The molecule has 2 heterocycles. The van der Waals surface area contributed by atoms with Gasteiger partial charge in [-0.05, 0) is 20.3 Å². The molecule has 2 aromatic rings. The second-order valence-electron chi connectivity index (χ2n) is 4.31. The number of nitrogens with one attached hydrogen (secondary N) is 1. The van der Waals surface area contributed by atoms with Crippen molar-refractivity contribution in [3.05, 3.63) is 28.7 Å². The largest absolute Gasteiger partial charge is 0.361 e. The van der Waals surface area contributed by atoms with E-state index < -0.39 is 0 Å². The summed E-state index contributed by atoms with van der Waals surface area (Å²) >= 11 is 0. The number of hydrogen-bond acceptors (Lipinski definition) is 6. The zero-order chi connectivity index (χ0) is 13.1. The molecule has 2 rings (SSSR count). The Morgan fingerprint density at radius 3 is 2.44 bits per heavy atom. The number of nitrogens with zero attached hydrogens (tertiary/aromatic N) is 3. The van der Waals surface area contributed by atoms with E-state index in [1.54, 1.807) is 6.92 Å². The molecule has 98 valence electrons.